The van der Waals surface area contributed by atoms with Crippen LogP contribution in [0.4, 0.5) is 16.9 Å². The minimum atomic E-state index is -11.2. The number of benzene rings is 2. The molecule has 2 aromatic rings. The van der Waals surface area contributed by atoms with Gasteiger partial charge in [-0.15, -0.1) is 0 Å². The summed E-state index contributed by atoms with van der Waals surface area (Å²) in [5.74, 6) is 0.853. The van der Waals surface area contributed by atoms with Crippen LogP contribution >= 0.6 is 0 Å². The molecule has 0 fully saturated rings. The average Bonchev–Trinajstić information content (AvgIpc) is 2.74. The second kappa shape index (κ2) is 14.2. The van der Waals surface area contributed by atoms with Crippen molar-refractivity contribution < 1.29 is 47.9 Å². The summed E-state index contributed by atoms with van der Waals surface area (Å²) in [6, 6.07) is 19.0. The van der Waals surface area contributed by atoms with Crippen LogP contribution in [0.3, 0.4) is 0 Å². The fraction of sp³-hybridized carbons (Fsp3) is 0.500. The number of unbranched alkanes of at least 4 members (excludes halogenated alkanes) is 7. The molecule has 0 saturated carbocycles. The molecule has 0 heterocycles. The zero-order chi connectivity index (χ0) is 25.6. The van der Waals surface area contributed by atoms with Gasteiger partial charge in [-0.25, -0.2) is 0 Å². The first-order valence-electron chi connectivity index (χ1n) is 11.4. The summed E-state index contributed by atoms with van der Waals surface area (Å²) < 4.78 is 68.1. The summed E-state index contributed by atoms with van der Waals surface area (Å²) in [4.78, 5) is 0. The summed E-state index contributed by atoms with van der Waals surface area (Å²) in [6.07, 6.45) is 10.8. The molecule has 0 saturated heterocycles. The Morgan fingerprint density at radius 1 is 0.735 bits per heavy atom. The Balaban J connectivity index is 0.000000718. The first kappa shape index (κ1) is 31.4. The van der Waals surface area contributed by atoms with Gasteiger partial charge in [0.25, 0.3) is 0 Å². The van der Waals surface area contributed by atoms with Gasteiger partial charge >= 0.3 is 57.6 Å². The molecule has 2 aromatic carbocycles. The van der Waals surface area contributed by atoms with Crippen LogP contribution in [0.25, 0.3) is 0 Å². The molecule has 1 unspecified atom stereocenters. The molecule has 0 aliphatic heterocycles. The van der Waals surface area contributed by atoms with E-state index in [4.69, 9.17) is 4.74 Å². The van der Waals surface area contributed by atoms with E-state index < -0.39 is 19.5 Å². The fourth-order valence-electron chi connectivity index (χ4n) is 2.99. The quantitative estimate of drug-likeness (QED) is 0.126. The van der Waals surface area contributed by atoms with Gasteiger partial charge in [0, 0.05) is 0 Å². The monoisotopic (exact) mass is 716 g/mol. The molecule has 1 N–H and O–H groups in total. The number of aliphatic hydroxyl groups excluding tert-OH is 1. The second-order valence-electron chi connectivity index (χ2n) is 8.03. The molecule has 0 amide bonds. The molecule has 2 nitrogen and oxygen atoms in total. The third kappa shape index (κ3) is 21.8. The van der Waals surface area contributed by atoms with Crippen LogP contribution in [-0.4, -0.2) is 37.3 Å². The molecular weight excluding hydrogens is 683 g/mol. The molecular formula is C24H34F6IO2Sb. The van der Waals surface area contributed by atoms with Crippen LogP contribution in [-0.2, 0) is 0 Å². The van der Waals surface area contributed by atoms with E-state index in [2.05, 4.69) is 49.4 Å². The second-order valence-corrected chi connectivity index (χ2v) is 16.5. The molecule has 0 aromatic heterocycles. The van der Waals surface area contributed by atoms with Crippen molar-refractivity contribution in [2.24, 2.45) is 0 Å². The fourth-order valence-corrected chi connectivity index (χ4v) is 5.20. The van der Waals surface area contributed by atoms with Gasteiger partial charge in [0.15, 0.2) is 7.14 Å². The van der Waals surface area contributed by atoms with E-state index in [0.717, 1.165) is 18.6 Å². The minimum absolute atomic E-state index is 0.129. The first-order valence-corrected chi connectivity index (χ1v) is 19.3. The van der Waals surface area contributed by atoms with Crippen molar-refractivity contribution >= 4 is 19.5 Å². The molecule has 0 bridgehead atoms. The van der Waals surface area contributed by atoms with Gasteiger partial charge in [-0.2, -0.15) is 0 Å². The Bertz CT molecular complexity index is 791. The average molecular weight is 717 g/mol. The van der Waals surface area contributed by atoms with Crippen LogP contribution in [0, 0.1) is 7.14 Å². The van der Waals surface area contributed by atoms with Gasteiger partial charge in [-0.05, 0) is 42.8 Å². The number of hydrogen-bond donors (Lipinski definition) is 1. The Labute approximate surface area is 211 Å². The summed E-state index contributed by atoms with van der Waals surface area (Å²) in [7, 11) is 0. The summed E-state index contributed by atoms with van der Waals surface area (Å²) in [5.41, 5.74) is 0. The molecule has 0 radical (unpaired) electrons. The molecule has 0 aliphatic rings. The van der Waals surface area contributed by atoms with E-state index in [-0.39, 0.29) is 27.3 Å². The predicted molar refractivity (Wildman–Crippen MR) is 121 cm³/mol. The number of halogens is 7. The summed E-state index contributed by atoms with van der Waals surface area (Å²) in [6.45, 7) is 2.65. The SMILES string of the molecule is CCCCCCCCCCC(O)COc1ccc([I+]c2ccccc2)cc1.[F][Sb-]([F])([F])([F])([F])[F]. The normalized spacial score (nSPS) is 14.4. The van der Waals surface area contributed by atoms with Crippen LogP contribution < -0.4 is 25.9 Å². The maximum absolute atomic E-state index is 11.2. The van der Waals surface area contributed by atoms with E-state index >= 15 is 0 Å². The van der Waals surface area contributed by atoms with Gasteiger partial charge in [-0.3, -0.25) is 0 Å². The van der Waals surface area contributed by atoms with Gasteiger partial charge in [0.2, 0.25) is 0 Å². The van der Waals surface area contributed by atoms with Crippen LogP contribution in [0.2, 0.25) is 0 Å². The Morgan fingerprint density at radius 2 is 1.21 bits per heavy atom. The van der Waals surface area contributed by atoms with Crippen molar-refractivity contribution in [1.82, 2.24) is 0 Å². The zero-order valence-corrected chi connectivity index (χ0v) is 24.0. The third-order valence-electron chi connectivity index (χ3n) is 4.60. The Morgan fingerprint density at radius 3 is 1.74 bits per heavy atom. The standard InChI is InChI=1S/C24H34IO2.6FH.Sb/c1-2-3-4-5-6-7-8-12-15-23(26)20-27-24-18-16-22(17-19-24)25-21-13-10-9-11-14-21;;;;;;;/h9-11,13-14,16-19,23,26H,2-8,12,15,20H2,1H3;6*1H;/q+1;;;;;;;+5/p-6. The van der Waals surface area contributed by atoms with E-state index in [0.29, 0.717) is 6.61 Å². The van der Waals surface area contributed by atoms with Crippen LogP contribution in [0.1, 0.15) is 64.7 Å². The van der Waals surface area contributed by atoms with Crippen molar-refractivity contribution in [3.05, 3.63) is 61.7 Å². The predicted octanol–water partition coefficient (Wildman–Crippen LogP) is 5.23. The number of hydrogen-bond acceptors (Lipinski definition) is 2. The Kier molecular flexibility index (Phi) is 13.1. The topological polar surface area (TPSA) is 29.5 Å². The number of rotatable bonds is 14. The first-order chi connectivity index (χ1) is 15.7. The van der Waals surface area contributed by atoms with Gasteiger partial charge in [-0.1, -0.05) is 76.5 Å². The van der Waals surface area contributed by atoms with Crippen LogP contribution in [0.5, 0.6) is 5.75 Å². The van der Waals surface area contributed by atoms with Crippen molar-refractivity contribution in [2.75, 3.05) is 6.61 Å². The van der Waals surface area contributed by atoms with Crippen molar-refractivity contribution in [3.8, 4) is 5.75 Å². The van der Waals surface area contributed by atoms with E-state index in [1.165, 1.54) is 52.1 Å². The van der Waals surface area contributed by atoms with E-state index in [1.54, 1.807) is 0 Å². The number of aliphatic hydroxyl groups is 1. The van der Waals surface area contributed by atoms with Gasteiger partial charge in [0.05, 0.1) is 6.10 Å². The number of ether oxygens (including phenoxy) is 1. The molecule has 10 heteroatoms. The van der Waals surface area contributed by atoms with Crippen molar-refractivity contribution in [1.29, 1.82) is 0 Å². The summed E-state index contributed by atoms with van der Waals surface area (Å²) in [5, 5.41) is 10.1. The van der Waals surface area contributed by atoms with Crippen molar-refractivity contribution in [2.45, 2.75) is 70.8 Å². The third-order valence-corrected chi connectivity index (χ3v) is 7.28. The zero-order valence-electron chi connectivity index (χ0n) is 19.3. The van der Waals surface area contributed by atoms with Gasteiger partial charge in [0.1, 0.15) is 12.4 Å². The summed E-state index contributed by atoms with van der Waals surface area (Å²) >= 11 is -11.4. The van der Waals surface area contributed by atoms with Gasteiger partial charge < -0.3 is 9.84 Å². The molecule has 0 spiro atoms. The molecule has 1 atom stereocenters. The maximum atomic E-state index is 10.1. The van der Waals surface area contributed by atoms with E-state index in [1.807, 2.05) is 12.1 Å². The molecule has 0 aliphatic carbocycles. The van der Waals surface area contributed by atoms with Crippen LogP contribution in [0.15, 0.2) is 54.6 Å². The van der Waals surface area contributed by atoms with E-state index in [9.17, 15) is 22.0 Å². The molecule has 34 heavy (non-hydrogen) atoms. The molecule has 196 valence electrons. The Hall–Kier alpha value is -0.672. The molecule has 2 rings (SSSR count). The van der Waals surface area contributed by atoms with Crippen molar-refractivity contribution in [3.63, 3.8) is 0 Å².